The molecule has 6 rings (SSSR count). The molecule has 0 bridgehead atoms. The lowest BCUT2D eigenvalue weighted by Crippen LogP contribution is -2.02. The zero-order valence-corrected chi connectivity index (χ0v) is 23.5. The average Bonchev–Trinajstić information content (AvgIpc) is 3.72. The summed E-state index contributed by atoms with van der Waals surface area (Å²) in [6, 6.07) is 19.8. The molecule has 0 radical (unpaired) electrons. The number of nitriles is 1. The summed E-state index contributed by atoms with van der Waals surface area (Å²) < 4.78 is 12.0. The van der Waals surface area contributed by atoms with Crippen molar-refractivity contribution in [3.8, 4) is 28.7 Å². The van der Waals surface area contributed by atoms with E-state index in [0.29, 0.717) is 29.0 Å². The van der Waals surface area contributed by atoms with E-state index < -0.39 is 0 Å². The third-order valence-corrected chi connectivity index (χ3v) is 7.41. The van der Waals surface area contributed by atoms with Crippen LogP contribution in [0.1, 0.15) is 36.6 Å². The molecule has 0 unspecified atom stereocenters. The Hall–Kier alpha value is -4.59. The van der Waals surface area contributed by atoms with E-state index in [1.54, 1.807) is 34.2 Å². The highest BCUT2D eigenvalue weighted by molar-refractivity contribution is 9.10. The molecule has 10 heteroatoms. The van der Waals surface area contributed by atoms with E-state index in [2.05, 4.69) is 45.9 Å². The fourth-order valence-corrected chi connectivity index (χ4v) is 5.13. The fourth-order valence-electron chi connectivity index (χ4n) is 4.61. The first-order chi connectivity index (χ1) is 19.5. The van der Waals surface area contributed by atoms with Crippen molar-refractivity contribution in [3.63, 3.8) is 0 Å². The zero-order chi connectivity index (χ0) is 27.6. The minimum absolute atomic E-state index is 0.140. The monoisotopic (exact) mass is 592 g/mol. The van der Waals surface area contributed by atoms with Gasteiger partial charge in [-0.1, -0.05) is 50.2 Å². The molecule has 0 aliphatic carbocycles. The second kappa shape index (κ2) is 10.9. The first-order valence-corrected chi connectivity index (χ1v) is 13.6. The molecule has 0 atom stereocenters. The standard InChI is InChI=1S/C30H25BrN8O/c1-20(2)29-27-25(11-12-33-30(27)39(36-29)26-10-6-9-22(13-32)28(26)31)37-16-24(34-18-37)23-14-35-38(15-23)19-40-17-21-7-4-3-5-8-21/h3-12,14-16,18,20H,17,19H2,1-2H3. The highest BCUT2D eigenvalue weighted by Gasteiger charge is 2.22. The number of hydrogen-bond acceptors (Lipinski definition) is 6. The maximum absolute atomic E-state index is 9.53. The van der Waals surface area contributed by atoms with Gasteiger partial charge < -0.3 is 9.30 Å². The second-order valence-electron chi connectivity index (χ2n) is 9.63. The summed E-state index contributed by atoms with van der Waals surface area (Å²) in [4.78, 5) is 9.36. The molecule has 0 aliphatic heterocycles. The zero-order valence-electron chi connectivity index (χ0n) is 21.9. The van der Waals surface area contributed by atoms with Crippen LogP contribution >= 0.6 is 15.9 Å². The van der Waals surface area contributed by atoms with Gasteiger partial charge in [-0.15, -0.1) is 0 Å². The van der Waals surface area contributed by atoms with Crippen LogP contribution in [0.15, 0.2) is 90.2 Å². The van der Waals surface area contributed by atoms with Crippen LogP contribution in [-0.4, -0.2) is 34.1 Å². The van der Waals surface area contributed by atoms with Crippen LogP contribution in [0.2, 0.25) is 0 Å². The van der Waals surface area contributed by atoms with Crippen molar-refractivity contribution in [2.45, 2.75) is 33.1 Å². The first-order valence-electron chi connectivity index (χ1n) is 12.8. The van der Waals surface area contributed by atoms with Crippen molar-refractivity contribution < 1.29 is 4.74 Å². The quantitative estimate of drug-likeness (QED) is 0.203. The first kappa shape index (κ1) is 25.7. The van der Waals surface area contributed by atoms with Gasteiger partial charge in [0.2, 0.25) is 0 Å². The Kier molecular flexibility index (Phi) is 6.99. The fraction of sp³-hybridized carbons (Fsp3) is 0.167. The Bertz CT molecular complexity index is 1840. The van der Waals surface area contributed by atoms with Gasteiger partial charge in [0.05, 0.1) is 57.3 Å². The van der Waals surface area contributed by atoms with Gasteiger partial charge in [0, 0.05) is 24.2 Å². The third-order valence-electron chi connectivity index (χ3n) is 6.57. The molecule has 9 nitrogen and oxygen atoms in total. The van der Waals surface area contributed by atoms with Crippen molar-refractivity contribution in [1.29, 1.82) is 5.26 Å². The normalized spacial score (nSPS) is 11.4. The Morgan fingerprint density at radius 1 is 1.00 bits per heavy atom. The van der Waals surface area contributed by atoms with Crippen LogP contribution in [0.5, 0.6) is 0 Å². The van der Waals surface area contributed by atoms with Gasteiger partial charge in [-0.25, -0.2) is 19.3 Å². The van der Waals surface area contributed by atoms with E-state index in [0.717, 1.165) is 39.3 Å². The molecule has 4 aromatic heterocycles. The lowest BCUT2D eigenvalue weighted by atomic mass is 10.1. The lowest BCUT2D eigenvalue weighted by molar-refractivity contribution is 0.0561. The van der Waals surface area contributed by atoms with E-state index >= 15 is 0 Å². The largest absolute Gasteiger partial charge is 0.355 e. The molecule has 2 aromatic carbocycles. The SMILES string of the molecule is CC(C)c1nn(-c2cccc(C#N)c2Br)c2nccc(-n3cnc(-c4cnn(COCc5ccccc5)c4)c3)c12. The number of pyridine rings is 1. The summed E-state index contributed by atoms with van der Waals surface area (Å²) in [5.41, 5.74) is 6.63. The summed E-state index contributed by atoms with van der Waals surface area (Å²) >= 11 is 3.59. The molecule has 198 valence electrons. The van der Waals surface area contributed by atoms with Crippen LogP contribution in [-0.2, 0) is 18.1 Å². The summed E-state index contributed by atoms with van der Waals surface area (Å²) in [6.07, 6.45) is 9.26. The Balaban J connectivity index is 1.32. The highest BCUT2D eigenvalue weighted by Crippen LogP contribution is 2.34. The van der Waals surface area contributed by atoms with Crippen molar-refractivity contribution in [1.82, 2.24) is 34.1 Å². The summed E-state index contributed by atoms with van der Waals surface area (Å²) in [5, 5.41) is 19.9. The van der Waals surface area contributed by atoms with Crippen LogP contribution in [0.3, 0.4) is 0 Å². The Labute approximate surface area is 239 Å². The van der Waals surface area contributed by atoms with Crippen molar-refractivity contribution >= 4 is 27.0 Å². The smallest absolute Gasteiger partial charge is 0.165 e. The number of imidazole rings is 1. The topological polar surface area (TPSA) is 99.4 Å². The molecule has 0 fully saturated rings. The van der Waals surface area contributed by atoms with Crippen LogP contribution in [0.25, 0.3) is 33.7 Å². The summed E-state index contributed by atoms with van der Waals surface area (Å²) in [7, 11) is 0. The van der Waals surface area contributed by atoms with Gasteiger partial charge in [0.15, 0.2) is 5.65 Å². The Morgan fingerprint density at radius 2 is 1.85 bits per heavy atom. The van der Waals surface area contributed by atoms with Crippen molar-refractivity contribution in [2.24, 2.45) is 0 Å². The molecule has 0 spiro atoms. The van der Waals surface area contributed by atoms with Crippen LogP contribution in [0.4, 0.5) is 0 Å². The van der Waals surface area contributed by atoms with Crippen LogP contribution in [0, 0.1) is 11.3 Å². The molecule has 0 saturated carbocycles. The van der Waals surface area contributed by atoms with Gasteiger partial charge in [0.1, 0.15) is 12.8 Å². The van der Waals surface area contributed by atoms with E-state index in [4.69, 9.17) is 14.8 Å². The number of halogens is 1. The van der Waals surface area contributed by atoms with E-state index in [-0.39, 0.29) is 5.92 Å². The predicted octanol–water partition coefficient (Wildman–Crippen LogP) is 6.40. The molecule has 4 heterocycles. The second-order valence-corrected chi connectivity index (χ2v) is 10.4. The number of nitrogens with zero attached hydrogens (tertiary/aromatic N) is 8. The van der Waals surface area contributed by atoms with Gasteiger partial charge in [-0.2, -0.15) is 15.5 Å². The molecule has 6 aromatic rings. The number of rotatable bonds is 8. The number of fused-ring (bicyclic) bond motifs is 1. The lowest BCUT2D eigenvalue weighted by Gasteiger charge is -2.08. The Morgan fingerprint density at radius 3 is 2.65 bits per heavy atom. The van der Waals surface area contributed by atoms with Gasteiger partial charge in [0.25, 0.3) is 0 Å². The molecule has 40 heavy (non-hydrogen) atoms. The van der Waals surface area contributed by atoms with E-state index in [9.17, 15) is 5.26 Å². The number of aromatic nitrogens is 7. The third kappa shape index (κ3) is 4.81. The molecular formula is C30H25BrN8O. The summed E-state index contributed by atoms with van der Waals surface area (Å²) in [6.45, 7) is 5.08. The predicted molar refractivity (Wildman–Crippen MR) is 155 cm³/mol. The van der Waals surface area contributed by atoms with Crippen LogP contribution < -0.4 is 0 Å². The van der Waals surface area contributed by atoms with Crippen molar-refractivity contribution in [2.75, 3.05) is 0 Å². The van der Waals surface area contributed by atoms with E-state index in [1.165, 1.54) is 0 Å². The van der Waals surface area contributed by atoms with Gasteiger partial charge >= 0.3 is 0 Å². The molecule has 0 aliphatic rings. The van der Waals surface area contributed by atoms with E-state index in [1.807, 2.05) is 65.5 Å². The molecular weight excluding hydrogens is 568 g/mol. The molecule has 0 saturated heterocycles. The van der Waals surface area contributed by atoms with Gasteiger partial charge in [-0.05, 0) is 45.6 Å². The number of ether oxygens (including phenoxy) is 1. The minimum Gasteiger partial charge on any atom is -0.355 e. The molecule has 0 N–H and O–H groups in total. The summed E-state index contributed by atoms with van der Waals surface area (Å²) in [5.74, 6) is 0.140. The van der Waals surface area contributed by atoms with Crippen molar-refractivity contribution in [3.05, 3.63) is 107 Å². The maximum atomic E-state index is 9.53. The van der Waals surface area contributed by atoms with Gasteiger partial charge in [-0.3, -0.25) is 0 Å². The number of hydrogen-bond donors (Lipinski definition) is 0. The average molecular weight is 593 g/mol. The maximum Gasteiger partial charge on any atom is 0.165 e. The minimum atomic E-state index is 0.140. The highest BCUT2D eigenvalue weighted by atomic mass is 79.9. The molecule has 0 amide bonds. The number of benzene rings is 2.